The van der Waals surface area contributed by atoms with E-state index in [1.807, 2.05) is 0 Å². The molecule has 18 heavy (non-hydrogen) atoms. The summed E-state index contributed by atoms with van der Waals surface area (Å²) in [6, 6.07) is 0. The lowest BCUT2D eigenvalue weighted by atomic mass is 10.1. The Morgan fingerprint density at radius 2 is 1.22 bits per heavy atom. The maximum Gasteiger partial charge on any atom is 0.0167 e. The second-order valence-electron chi connectivity index (χ2n) is 6.74. The molecular formula is C15H31N3. The second kappa shape index (κ2) is 6.36. The maximum absolute atomic E-state index is 6.06. The summed E-state index contributed by atoms with van der Waals surface area (Å²) in [5, 5.41) is 3.51. The zero-order chi connectivity index (χ0) is 12.9. The van der Waals surface area contributed by atoms with E-state index in [1.165, 1.54) is 64.2 Å². The zero-order valence-corrected chi connectivity index (χ0v) is 11.8. The monoisotopic (exact) mass is 253 g/mol. The van der Waals surface area contributed by atoms with Crippen molar-refractivity contribution in [2.24, 2.45) is 11.5 Å². The minimum absolute atomic E-state index is 0.216. The second-order valence-corrected chi connectivity index (χ2v) is 6.74. The Morgan fingerprint density at radius 1 is 0.667 bits per heavy atom. The van der Waals surface area contributed by atoms with Gasteiger partial charge in [0.1, 0.15) is 0 Å². The molecule has 106 valence electrons. The van der Waals surface area contributed by atoms with Crippen LogP contribution in [0, 0.1) is 0 Å². The molecule has 2 aliphatic rings. The van der Waals surface area contributed by atoms with Crippen molar-refractivity contribution in [3.63, 3.8) is 0 Å². The molecule has 0 amide bonds. The third-order valence-corrected chi connectivity index (χ3v) is 4.61. The van der Waals surface area contributed by atoms with Gasteiger partial charge in [-0.2, -0.15) is 0 Å². The van der Waals surface area contributed by atoms with Crippen LogP contribution in [0.5, 0.6) is 0 Å². The quantitative estimate of drug-likeness (QED) is 0.495. The Morgan fingerprint density at radius 3 is 1.89 bits per heavy atom. The molecule has 0 atom stereocenters. The number of unbranched alkanes of at least 4 members (excludes halogenated alkanes) is 4. The van der Waals surface area contributed by atoms with Gasteiger partial charge in [0.25, 0.3) is 0 Å². The SMILES string of the molecule is NC1(CCCCCCCNCCC2(N)CC2)CC1. The molecule has 0 aromatic carbocycles. The van der Waals surface area contributed by atoms with Gasteiger partial charge < -0.3 is 16.8 Å². The molecule has 3 heteroatoms. The summed E-state index contributed by atoms with van der Waals surface area (Å²) >= 11 is 0. The van der Waals surface area contributed by atoms with E-state index >= 15 is 0 Å². The number of nitrogens with two attached hydrogens (primary N) is 2. The van der Waals surface area contributed by atoms with Crippen molar-refractivity contribution in [1.82, 2.24) is 5.32 Å². The Kier molecular flexibility index (Phi) is 5.05. The van der Waals surface area contributed by atoms with Crippen molar-refractivity contribution < 1.29 is 0 Å². The standard InChI is InChI=1S/C15H31N3/c16-14(7-8-14)6-4-2-1-3-5-12-18-13-11-15(17)9-10-15/h18H,1-13,16-17H2. The third-order valence-electron chi connectivity index (χ3n) is 4.61. The van der Waals surface area contributed by atoms with Crippen LogP contribution in [0.2, 0.25) is 0 Å². The first-order chi connectivity index (χ1) is 8.62. The molecule has 0 radical (unpaired) electrons. The van der Waals surface area contributed by atoms with Crippen LogP contribution in [0.3, 0.4) is 0 Å². The minimum atomic E-state index is 0.216. The van der Waals surface area contributed by atoms with E-state index in [4.69, 9.17) is 11.5 Å². The van der Waals surface area contributed by atoms with E-state index in [2.05, 4.69) is 5.32 Å². The van der Waals surface area contributed by atoms with Crippen molar-refractivity contribution in [1.29, 1.82) is 0 Å². The number of nitrogens with one attached hydrogen (secondary N) is 1. The molecule has 0 unspecified atom stereocenters. The molecule has 2 rings (SSSR count). The lowest BCUT2D eigenvalue weighted by Crippen LogP contribution is -2.28. The van der Waals surface area contributed by atoms with Crippen LogP contribution >= 0.6 is 0 Å². The van der Waals surface area contributed by atoms with Crippen LogP contribution in [0.25, 0.3) is 0 Å². The van der Waals surface area contributed by atoms with Crippen LogP contribution in [0.4, 0.5) is 0 Å². The molecule has 2 aliphatic carbocycles. The summed E-state index contributed by atoms with van der Waals surface area (Å²) in [6.07, 6.45) is 14.1. The van der Waals surface area contributed by atoms with Gasteiger partial charge in [-0.25, -0.2) is 0 Å². The topological polar surface area (TPSA) is 64.1 Å². The van der Waals surface area contributed by atoms with Crippen molar-refractivity contribution in [2.45, 2.75) is 81.7 Å². The highest BCUT2D eigenvalue weighted by Crippen LogP contribution is 2.37. The average Bonchev–Trinajstić information content (AvgIpc) is 3.24. The number of hydrogen-bond acceptors (Lipinski definition) is 3. The summed E-state index contributed by atoms with van der Waals surface area (Å²) < 4.78 is 0. The molecule has 0 spiro atoms. The Bertz CT molecular complexity index is 218. The van der Waals surface area contributed by atoms with Gasteiger partial charge in [0.15, 0.2) is 0 Å². The Hall–Kier alpha value is -0.120. The molecule has 0 bridgehead atoms. The molecule has 0 saturated heterocycles. The highest BCUT2D eigenvalue weighted by molar-refractivity contribution is 4.98. The Balaban J connectivity index is 1.27. The lowest BCUT2D eigenvalue weighted by molar-refractivity contribution is 0.510. The molecule has 2 saturated carbocycles. The van der Waals surface area contributed by atoms with Crippen LogP contribution in [0.1, 0.15) is 70.6 Å². The summed E-state index contributed by atoms with van der Waals surface area (Å²) in [5.74, 6) is 0. The lowest BCUT2D eigenvalue weighted by Gasteiger charge is -2.09. The molecule has 3 nitrogen and oxygen atoms in total. The van der Waals surface area contributed by atoms with Gasteiger partial charge >= 0.3 is 0 Å². The van der Waals surface area contributed by atoms with Crippen molar-refractivity contribution in [2.75, 3.05) is 13.1 Å². The zero-order valence-electron chi connectivity index (χ0n) is 11.8. The Labute approximate surface area is 112 Å². The largest absolute Gasteiger partial charge is 0.325 e. The first-order valence-corrected chi connectivity index (χ1v) is 7.91. The van der Waals surface area contributed by atoms with Crippen molar-refractivity contribution in [3.8, 4) is 0 Å². The van der Waals surface area contributed by atoms with Gasteiger partial charge in [0.2, 0.25) is 0 Å². The van der Waals surface area contributed by atoms with E-state index in [-0.39, 0.29) is 11.1 Å². The average molecular weight is 253 g/mol. The van der Waals surface area contributed by atoms with Gasteiger partial charge in [-0.1, -0.05) is 25.7 Å². The fraction of sp³-hybridized carbons (Fsp3) is 1.00. The number of hydrogen-bond donors (Lipinski definition) is 3. The molecular weight excluding hydrogens is 222 g/mol. The van der Waals surface area contributed by atoms with E-state index in [1.54, 1.807) is 0 Å². The summed E-state index contributed by atoms with van der Waals surface area (Å²) in [6.45, 7) is 2.27. The van der Waals surface area contributed by atoms with Crippen LogP contribution in [-0.4, -0.2) is 24.2 Å². The van der Waals surface area contributed by atoms with Gasteiger partial charge in [-0.15, -0.1) is 0 Å². The van der Waals surface area contributed by atoms with Gasteiger partial charge in [-0.05, 0) is 58.0 Å². The fourth-order valence-corrected chi connectivity index (χ4v) is 2.54. The smallest absolute Gasteiger partial charge is 0.0167 e. The van der Waals surface area contributed by atoms with Crippen molar-refractivity contribution in [3.05, 3.63) is 0 Å². The third kappa shape index (κ3) is 5.68. The molecule has 2 fully saturated rings. The minimum Gasteiger partial charge on any atom is -0.325 e. The normalized spacial score (nSPS) is 23.0. The highest BCUT2D eigenvalue weighted by Gasteiger charge is 2.37. The van der Waals surface area contributed by atoms with E-state index < -0.39 is 0 Å². The predicted octanol–water partition coefficient (Wildman–Crippen LogP) is 2.29. The van der Waals surface area contributed by atoms with Gasteiger partial charge in [0, 0.05) is 11.1 Å². The molecule has 0 heterocycles. The first-order valence-electron chi connectivity index (χ1n) is 7.91. The predicted molar refractivity (Wildman–Crippen MR) is 77.5 cm³/mol. The van der Waals surface area contributed by atoms with Crippen molar-refractivity contribution >= 4 is 0 Å². The van der Waals surface area contributed by atoms with Gasteiger partial charge in [-0.3, -0.25) is 0 Å². The molecule has 0 aromatic rings. The van der Waals surface area contributed by atoms with E-state index in [0.29, 0.717) is 0 Å². The maximum atomic E-state index is 6.06. The summed E-state index contributed by atoms with van der Waals surface area (Å²) in [4.78, 5) is 0. The molecule has 5 N–H and O–H groups in total. The van der Waals surface area contributed by atoms with E-state index in [9.17, 15) is 0 Å². The van der Waals surface area contributed by atoms with Crippen LogP contribution in [-0.2, 0) is 0 Å². The fourth-order valence-electron chi connectivity index (χ4n) is 2.54. The van der Waals surface area contributed by atoms with E-state index in [0.717, 1.165) is 19.5 Å². The highest BCUT2D eigenvalue weighted by atomic mass is 14.9. The van der Waals surface area contributed by atoms with Crippen LogP contribution in [0.15, 0.2) is 0 Å². The number of rotatable bonds is 11. The van der Waals surface area contributed by atoms with Gasteiger partial charge in [0.05, 0.1) is 0 Å². The molecule has 0 aromatic heterocycles. The first kappa shape index (κ1) is 14.3. The van der Waals surface area contributed by atoms with Crippen LogP contribution < -0.4 is 16.8 Å². The summed E-state index contributed by atoms with van der Waals surface area (Å²) in [5.41, 5.74) is 12.6. The molecule has 0 aliphatic heterocycles. The summed E-state index contributed by atoms with van der Waals surface area (Å²) in [7, 11) is 0.